The van der Waals surface area contributed by atoms with Crippen LogP contribution in [0.1, 0.15) is 0 Å². The van der Waals surface area contributed by atoms with Crippen molar-refractivity contribution < 1.29 is 9.53 Å². The summed E-state index contributed by atoms with van der Waals surface area (Å²) in [4.78, 5) is 11.3. The quantitative estimate of drug-likeness (QED) is 0.873. The highest BCUT2D eigenvalue weighted by atomic mass is 16.5. The van der Waals surface area contributed by atoms with Crippen LogP contribution in [0.4, 0.5) is 10.5 Å². The van der Waals surface area contributed by atoms with Crippen LogP contribution in [0.3, 0.4) is 0 Å². The molecule has 2 rings (SSSR count). The number of para-hydroxylation sites is 1. The molecule has 0 aliphatic rings. The van der Waals surface area contributed by atoms with E-state index in [1.54, 1.807) is 24.3 Å². The van der Waals surface area contributed by atoms with Gasteiger partial charge in [0, 0.05) is 5.69 Å². The van der Waals surface area contributed by atoms with Crippen molar-refractivity contribution in [2.24, 2.45) is 0 Å². The van der Waals surface area contributed by atoms with E-state index in [2.05, 4.69) is 17.2 Å². The zero-order valence-corrected chi connectivity index (χ0v) is 10.3. The van der Waals surface area contributed by atoms with E-state index in [1.165, 1.54) is 6.20 Å². The maximum atomic E-state index is 11.3. The fraction of sp³-hybridized carbons (Fsp3) is 0. The van der Waals surface area contributed by atoms with Crippen molar-refractivity contribution in [2.45, 2.75) is 0 Å². The number of carbonyl (C=O) groups is 1. The molecule has 0 unspecified atom stereocenters. The second-order valence-corrected chi connectivity index (χ2v) is 3.74. The number of urea groups is 1. The minimum atomic E-state index is -0.327. The Hall–Kier alpha value is -2.75. The van der Waals surface area contributed by atoms with Gasteiger partial charge in [0.05, 0.1) is 0 Å². The second kappa shape index (κ2) is 6.26. The molecule has 2 amide bonds. The van der Waals surface area contributed by atoms with Crippen LogP contribution < -0.4 is 15.4 Å². The Balaban J connectivity index is 1.98. The average Bonchev–Trinajstić information content (AvgIpc) is 2.42. The lowest BCUT2D eigenvalue weighted by molar-refractivity contribution is 0.255. The zero-order valence-electron chi connectivity index (χ0n) is 10.3. The first kappa shape index (κ1) is 12.7. The summed E-state index contributed by atoms with van der Waals surface area (Å²) in [5.74, 6) is 1.48. The molecule has 0 aromatic heterocycles. The minimum Gasteiger partial charge on any atom is -0.457 e. The normalized spacial score (nSPS) is 9.47. The highest BCUT2D eigenvalue weighted by molar-refractivity contribution is 5.89. The van der Waals surface area contributed by atoms with Gasteiger partial charge in [-0.1, -0.05) is 24.8 Å². The predicted molar refractivity (Wildman–Crippen MR) is 75.3 cm³/mol. The Morgan fingerprint density at radius 1 is 1.00 bits per heavy atom. The summed E-state index contributed by atoms with van der Waals surface area (Å²) < 4.78 is 5.64. The topological polar surface area (TPSA) is 50.4 Å². The molecule has 19 heavy (non-hydrogen) atoms. The Morgan fingerprint density at radius 2 is 1.63 bits per heavy atom. The van der Waals surface area contributed by atoms with Gasteiger partial charge in [-0.05, 0) is 42.6 Å². The van der Waals surface area contributed by atoms with E-state index in [4.69, 9.17) is 4.74 Å². The second-order valence-electron chi connectivity index (χ2n) is 3.74. The lowest BCUT2D eigenvalue weighted by atomic mass is 10.3. The van der Waals surface area contributed by atoms with Crippen molar-refractivity contribution in [2.75, 3.05) is 5.32 Å². The van der Waals surface area contributed by atoms with Gasteiger partial charge < -0.3 is 15.4 Å². The highest BCUT2D eigenvalue weighted by Crippen LogP contribution is 2.22. The van der Waals surface area contributed by atoms with Crippen LogP contribution in [-0.4, -0.2) is 6.03 Å². The van der Waals surface area contributed by atoms with Gasteiger partial charge in [0.2, 0.25) is 0 Å². The third kappa shape index (κ3) is 3.89. The fourth-order valence-corrected chi connectivity index (χ4v) is 1.49. The minimum absolute atomic E-state index is 0.327. The molecule has 4 nitrogen and oxygen atoms in total. The van der Waals surface area contributed by atoms with Gasteiger partial charge in [-0.15, -0.1) is 0 Å². The molecule has 2 aromatic carbocycles. The summed E-state index contributed by atoms with van der Waals surface area (Å²) in [6, 6.07) is 16.3. The molecule has 0 heterocycles. The number of benzene rings is 2. The van der Waals surface area contributed by atoms with Gasteiger partial charge in [0.15, 0.2) is 0 Å². The number of nitrogens with one attached hydrogen (secondary N) is 2. The molecule has 96 valence electrons. The van der Waals surface area contributed by atoms with E-state index < -0.39 is 0 Å². The van der Waals surface area contributed by atoms with Crippen molar-refractivity contribution in [3.63, 3.8) is 0 Å². The molecule has 2 N–H and O–H groups in total. The Bertz CT molecular complexity index is 550. The lowest BCUT2D eigenvalue weighted by Gasteiger charge is -2.07. The summed E-state index contributed by atoms with van der Waals surface area (Å²) in [5, 5.41) is 5.09. The molecular formula is C15H14N2O2. The van der Waals surface area contributed by atoms with E-state index in [-0.39, 0.29) is 6.03 Å². The van der Waals surface area contributed by atoms with Crippen molar-refractivity contribution >= 4 is 11.7 Å². The molecule has 0 aliphatic heterocycles. The average molecular weight is 254 g/mol. The van der Waals surface area contributed by atoms with Crippen LogP contribution in [0.5, 0.6) is 11.5 Å². The monoisotopic (exact) mass is 254 g/mol. The van der Waals surface area contributed by atoms with Gasteiger partial charge in [-0.2, -0.15) is 0 Å². The summed E-state index contributed by atoms with van der Waals surface area (Å²) in [6.45, 7) is 3.41. The van der Waals surface area contributed by atoms with Gasteiger partial charge in [-0.3, -0.25) is 0 Å². The summed E-state index contributed by atoms with van der Waals surface area (Å²) >= 11 is 0. The first-order chi connectivity index (χ1) is 9.28. The van der Waals surface area contributed by atoms with Crippen molar-refractivity contribution in [3.8, 4) is 11.5 Å². The van der Waals surface area contributed by atoms with E-state index in [0.717, 1.165) is 5.75 Å². The Labute approximate surface area is 111 Å². The maximum absolute atomic E-state index is 11.3. The van der Waals surface area contributed by atoms with Gasteiger partial charge in [0.25, 0.3) is 0 Å². The third-order valence-electron chi connectivity index (χ3n) is 2.32. The third-order valence-corrected chi connectivity index (χ3v) is 2.32. The number of ether oxygens (including phenoxy) is 1. The molecule has 2 aromatic rings. The van der Waals surface area contributed by atoms with E-state index in [0.29, 0.717) is 11.4 Å². The Morgan fingerprint density at radius 3 is 2.26 bits per heavy atom. The van der Waals surface area contributed by atoms with Crippen LogP contribution in [0, 0.1) is 0 Å². The number of hydrogen-bond donors (Lipinski definition) is 2. The van der Waals surface area contributed by atoms with Crippen molar-refractivity contribution in [1.82, 2.24) is 5.32 Å². The Kier molecular flexibility index (Phi) is 4.18. The van der Waals surface area contributed by atoms with Gasteiger partial charge in [0.1, 0.15) is 11.5 Å². The molecule has 0 aliphatic carbocycles. The molecule has 0 fully saturated rings. The first-order valence-electron chi connectivity index (χ1n) is 5.79. The van der Waals surface area contributed by atoms with Crippen LogP contribution in [0.2, 0.25) is 0 Å². The largest absolute Gasteiger partial charge is 0.457 e. The molecular weight excluding hydrogens is 240 g/mol. The molecule has 0 atom stereocenters. The smallest absolute Gasteiger partial charge is 0.323 e. The molecule has 0 spiro atoms. The molecule has 0 saturated carbocycles. The van der Waals surface area contributed by atoms with Crippen LogP contribution in [0.25, 0.3) is 0 Å². The SMILES string of the molecule is C=CNC(=O)Nc1ccc(Oc2ccccc2)cc1. The van der Waals surface area contributed by atoms with Crippen molar-refractivity contribution in [3.05, 3.63) is 67.4 Å². The van der Waals surface area contributed by atoms with Crippen LogP contribution >= 0.6 is 0 Å². The summed E-state index contributed by atoms with van der Waals surface area (Å²) in [6.07, 6.45) is 1.32. The number of rotatable bonds is 4. The first-order valence-corrected chi connectivity index (χ1v) is 5.79. The predicted octanol–water partition coefficient (Wildman–Crippen LogP) is 3.74. The molecule has 4 heteroatoms. The van der Waals surface area contributed by atoms with Crippen LogP contribution in [0.15, 0.2) is 67.4 Å². The van der Waals surface area contributed by atoms with Gasteiger partial charge >= 0.3 is 6.03 Å². The van der Waals surface area contributed by atoms with Crippen LogP contribution in [-0.2, 0) is 0 Å². The molecule has 0 bridgehead atoms. The van der Waals surface area contributed by atoms with Gasteiger partial charge in [-0.25, -0.2) is 4.79 Å². The number of hydrogen-bond acceptors (Lipinski definition) is 2. The fourth-order valence-electron chi connectivity index (χ4n) is 1.49. The maximum Gasteiger partial charge on any atom is 0.323 e. The zero-order chi connectivity index (χ0) is 13.5. The molecule has 0 radical (unpaired) electrons. The number of anilines is 1. The number of amides is 2. The number of carbonyl (C=O) groups excluding carboxylic acids is 1. The standard InChI is InChI=1S/C15H14N2O2/c1-2-16-15(18)17-12-8-10-14(11-9-12)19-13-6-4-3-5-7-13/h2-11H,1H2,(H2,16,17,18). The lowest BCUT2D eigenvalue weighted by Crippen LogP contribution is -2.23. The van der Waals surface area contributed by atoms with Crippen molar-refractivity contribution in [1.29, 1.82) is 0 Å². The molecule has 0 saturated heterocycles. The van der Waals surface area contributed by atoms with E-state index in [9.17, 15) is 4.79 Å². The summed E-state index contributed by atoms with van der Waals surface area (Å²) in [7, 11) is 0. The van der Waals surface area contributed by atoms with E-state index in [1.807, 2.05) is 30.3 Å². The summed E-state index contributed by atoms with van der Waals surface area (Å²) in [5.41, 5.74) is 0.680. The highest BCUT2D eigenvalue weighted by Gasteiger charge is 2.00. The van der Waals surface area contributed by atoms with E-state index >= 15 is 0 Å².